The lowest BCUT2D eigenvalue weighted by Crippen LogP contribution is -2.01. The first-order valence-corrected chi connectivity index (χ1v) is 5.57. The van der Waals surface area contributed by atoms with E-state index in [9.17, 15) is 0 Å². The first-order valence-electron chi connectivity index (χ1n) is 5.57. The molecule has 2 N–H and O–H groups in total. The van der Waals surface area contributed by atoms with Gasteiger partial charge in [-0.05, 0) is 17.7 Å². The Hall–Kier alpha value is -2.16. The van der Waals surface area contributed by atoms with Gasteiger partial charge in [0.05, 0.1) is 37.1 Å². The van der Waals surface area contributed by atoms with Gasteiger partial charge >= 0.3 is 0 Å². The van der Waals surface area contributed by atoms with Crippen molar-refractivity contribution in [2.24, 2.45) is 0 Å². The Balaban J connectivity index is 2.37. The fourth-order valence-electron chi connectivity index (χ4n) is 1.77. The average molecular weight is 243 g/mol. The second-order valence-electron chi connectivity index (χ2n) is 3.70. The minimum absolute atomic E-state index is 0.0165. The molecule has 0 radical (unpaired) electrons. The molecule has 0 fully saturated rings. The van der Waals surface area contributed by atoms with Gasteiger partial charge in [0, 0.05) is 11.8 Å². The Morgan fingerprint density at radius 3 is 2.94 bits per heavy atom. The van der Waals surface area contributed by atoms with Crippen LogP contribution in [0.25, 0.3) is 11.3 Å². The number of nitrogens with zero attached hydrogens (tertiary/aromatic N) is 2. The van der Waals surface area contributed by atoms with Crippen molar-refractivity contribution in [3.05, 3.63) is 41.6 Å². The third-order valence-corrected chi connectivity index (χ3v) is 2.53. The van der Waals surface area contributed by atoms with Crippen molar-refractivity contribution < 1.29 is 9.84 Å². The normalized spacial score (nSPS) is 10.2. The number of aromatic nitrogens is 2. The van der Waals surface area contributed by atoms with Crippen LogP contribution in [-0.4, -0.2) is 28.5 Å². The molecular formula is C13H13N3O2. The number of rotatable bonds is 5. The van der Waals surface area contributed by atoms with E-state index in [1.54, 1.807) is 12.3 Å². The summed E-state index contributed by atoms with van der Waals surface area (Å²) < 4.78 is 5.31. The topological polar surface area (TPSA) is 81.9 Å². The Kier molecular flexibility index (Phi) is 4.07. The molecular weight excluding hydrogens is 230 g/mol. The zero-order chi connectivity index (χ0) is 12.8. The fourth-order valence-corrected chi connectivity index (χ4v) is 1.77. The number of H-pyrrole nitrogens is 1. The highest BCUT2D eigenvalue weighted by atomic mass is 16.5. The molecule has 18 heavy (non-hydrogen) atoms. The van der Waals surface area contributed by atoms with E-state index in [0.717, 1.165) is 16.8 Å². The molecule has 0 aliphatic carbocycles. The van der Waals surface area contributed by atoms with Crippen LogP contribution >= 0.6 is 0 Å². The minimum Gasteiger partial charge on any atom is -0.394 e. The molecule has 0 saturated heterocycles. The number of aliphatic hydroxyl groups is 1. The van der Waals surface area contributed by atoms with Crippen LogP contribution in [0, 0.1) is 11.3 Å². The lowest BCUT2D eigenvalue weighted by atomic mass is 9.99. The van der Waals surface area contributed by atoms with Gasteiger partial charge in [-0.3, -0.25) is 5.10 Å². The second kappa shape index (κ2) is 5.96. The van der Waals surface area contributed by atoms with E-state index >= 15 is 0 Å². The number of hydrogen-bond donors (Lipinski definition) is 2. The maximum atomic E-state index is 9.15. The second-order valence-corrected chi connectivity index (χ2v) is 3.70. The van der Waals surface area contributed by atoms with Crippen LogP contribution in [0.4, 0.5) is 0 Å². The molecule has 2 rings (SSSR count). The molecule has 0 saturated carbocycles. The first kappa shape index (κ1) is 12.3. The van der Waals surface area contributed by atoms with E-state index in [1.165, 1.54) is 0 Å². The summed E-state index contributed by atoms with van der Waals surface area (Å²) >= 11 is 0. The minimum atomic E-state index is -0.0165. The zero-order valence-electron chi connectivity index (χ0n) is 9.76. The lowest BCUT2D eigenvalue weighted by molar-refractivity contribution is 0.0818. The van der Waals surface area contributed by atoms with Crippen molar-refractivity contribution in [2.75, 3.05) is 13.2 Å². The molecule has 0 aliphatic heterocycles. The summed E-state index contributed by atoms with van der Waals surface area (Å²) in [7, 11) is 0. The predicted molar refractivity (Wildman–Crippen MR) is 65.5 cm³/mol. The number of aromatic amines is 1. The van der Waals surface area contributed by atoms with E-state index < -0.39 is 0 Å². The highest BCUT2D eigenvalue weighted by Gasteiger charge is 2.11. The Morgan fingerprint density at radius 2 is 2.28 bits per heavy atom. The summed E-state index contributed by atoms with van der Waals surface area (Å²) in [6, 6.07) is 9.44. The number of aliphatic hydroxyl groups excluding tert-OH is 1. The van der Waals surface area contributed by atoms with Gasteiger partial charge in [0.15, 0.2) is 0 Å². The van der Waals surface area contributed by atoms with Gasteiger partial charge in [-0.2, -0.15) is 10.4 Å². The molecule has 1 aromatic carbocycles. The third kappa shape index (κ3) is 2.56. The van der Waals surface area contributed by atoms with Gasteiger partial charge in [0.1, 0.15) is 0 Å². The van der Waals surface area contributed by atoms with Crippen molar-refractivity contribution in [3.8, 4) is 17.3 Å². The van der Waals surface area contributed by atoms with E-state index in [1.807, 2.05) is 18.2 Å². The third-order valence-electron chi connectivity index (χ3n) is 2.53. The quantitative estimate of drug-likeness (QED) is 0.779. The summed E-state index contributed by atoms with van der Waals surface area (Å²) in [5.74, 6) is 0. The van der Waals surface area contributed by atoms with E-state index in [0.29, 0.717) is 12.2 Å². The fraction of sp³-hybridized carbons (Fsp3) is 0.231. The molecule has 0 unspecified atom stereocenters. The van der Waals surface area contributed by atoms with Crippen LogP contribution in [0.3, 0.4) is 0 Å². The van der Waals surface area contributed by atoms with Crippen molar-refractivity contribution in [1.82, 2.24) is 10.2 Å². The van der Waals surface area contributed by atoms with Crippen LogP contribution in [0.1, 0.15) is 11.1 Å². The van der Waals surface area contributed by atoms with Crippen LogP contribution in [0.5, 0.6) is 0 Å². The predicted octanol–water partition coefficient (Wildman–Crippen LogP) is 1.46. The maximum Gasteiger partial charge on any atom is 0.0998 e. The molecule has 0 aliphatic rings. The molecule has 1 heterocycles. The van der Waals surface area contributed by atoms with Crippen LogP contribution in [-0.2, 0) is 11.3 Å². The molecule has 0 spiro atoms. The largest absolute Gasteiger partial charge is 0.394 e. The van der Waals surface area contributed by atoms with Gasteiger partial charge < -0.3 is 9.84 Å². The van der Waals surface area contributed by atoms with Crippen molar-refractivity contribution >= 4 is 0 Å². The number of nitrogens with one attached hydrogen (secondary N) is 1. The molecule has 0 amide bonds. The number of benzene rings is 1. The standard InChI is InChI=1S/C13H13N3O2/c14-8-10-2-1-3-11(9-18-7-6-17)13(10)12-4-5-15-16-12/h1-5,17H,6-7,9H2,(H,15,16). The molecule has 5 nitrogen and oxygen atoms in total. The van der Waals surface area contributed by atoms with Gasteiger partial charge in [-0.25, -0.2) is 0 Å². The van der Waals surface area contributed by atoms with E-state index in [-0.39, 0.29) is 13.2 Å². The van der Waals surface area contributed by atoms with Crippen LogP contribution < -0.4 is 0 Å². The smallest absolute Gasteiger partial charge is 0.0998 e. The molecule has 0 bridgehead atoms. The molecule has 0 atom stereocenters. The first-order chi connectivity index (χ1) is 8.86. The Labute approximate surface area is 105 Å². The van der Waals surface area contributed by atoms with E-state index in [2.05, 4.69) is 16.3 Å². The van der Waals surface area contributed by atoms with Crippen LogP contribution in [0.15, 0.2) is 30.5 Å². The highest BCUT2D eigenvalue weighted by Crippen LogP contribution is 2.26. The summed E-state index contributed by atoms with van der Waals surface area (Å²) in [5, 5.41) is 24.6. The summed E-state index contributed by atoms with van der Waals surface area (Å²) in [5.41, 5.74) is 3.06. The van der Waals surface area contributed by atoms with Crippen molar-refractivity contribution in [1.29, 1.82) is 5.26 Å². The van der Waals surface area contributed by atoms with Crippen molar-refractivity contribution in [2.45, 2.75) is 6.61 Å². The van der Waals surface area contributed by atoms with Crippen molar-refractivity contribution in [3.63, 3.8) is 0 Å². The average Bonchev–Trinajstić information content (AvgIpc) is 2.92. The molecule has 5 heteroatoms. The number of ether oxygens (including phenoxy) is 1. The molecule has 1 aromatic heterocycles. The van der Waals surface area contributed by atoms with Crippen LogP contribution in [0.2, 0.25) is 0 Å². The van der Waals surface area contributed by atoms with Gasteiger partial charge in [0.2, 0.25) is 0 Å². The summed E-state index contributed by atoms with van der Waals surface area (Å²) in [6.07, 6.45) is 1.64. The molecule has 92 valence electrons. The zero-order valence-corrected chi connectivity index (χ0v) is 9.76. The summed E-state index contributed by atoms with van der Waals surface area (Å²) in [4.78, 5) is 0. The van der Waals surface area contributed by atoms with Gasteiger partial charge in [-0.1, -0.05) is 12.1 Å². The number of hydrogen-bond acceptors (Lipinski definition) is 4. The lowest BCUT2D eigenvalue weighted by Gasteiger charge is -2.10. The monoisotopic (exact) mass is 243 g/mol. The van der Waals surface area contributed by atoms with Gasteiger partial charge in [-0.15, -0.1) is 0 Å². The molecule has 2 aromatic rings. The highest BCUT2D eigenvalue weighted by molar-refractivity contribution is 5.70. The summed E-state index contributed by atoms with van der Waals surface area (Å²) in [6.45, 7) is 0.612. The maximum absolute atomic E-state index is 9.15. The Morgan fingerprint density at radius 1 is 1.39 bits per heavy atom. The SMILES string of the molecule is N#Cc1cccc(COCCO)c1-c1ccn[nH]1. The Bertz CT molecular complexity index is 544. The van der Waals surface area contributed by atoms with Gasteiger partial charge in [0.25, 0.3) is 0 Å². The number of nitriles is 1. The van der Waals surface area contributed by atoms with E-state index in [4.69, 9.17) is 15.1 Å².